The van der Waals surface area contributed by atoms with Gasteiger partial charge in [0.25, 0.3) is 0 Å². The predicted octanol–water partition coefficient (Wildman–Crippen LogP) is 4.02. The third-order valence-corrected chi connectivity index (χ3v) is 3.73. The lowest BCUT2D eigenvalue weighted by Crippen LogP contribution is -2.47. The predicted molar refractivity (Wildman–Crippen MR) is 74.4 cm³/mol. The van der Waals surface area contributed by atoms with Crippen LogP contribution in [0.1, 0.15) is 31.0 Å². The number of carbonyl (C=O) groups excluding carboxylic acids is 1. The summed E-state index contributed by atoms with van der Waals surface area (Å²) in [4.78, 5) is 11.3. The maximum absolute atomic E-state index is 14.0. The number of aryl methyl sites for hydroxylation is 1. The Labute approximate surface area is 122 Å². The lowest BCUT2D eigenvalue weighted by molar-refractivity contribution is 0.0378. The molecule has 1 aromatic rings. The maximum atomic E-state index is 14.0. The summed E-state index contributed by atoms with van der Waals surface area (Å²) in [5, 5.41) is 3.00. The average molecular weight is 308 g/mol. The quantitative estimate of drug-likeness (QED) is 0.851. The Kier molecular flexibility index (Phi) is 4.69. The van der Waals surface area contributed by atoms with E-state index in [1.165, 1.54) is 6.07 Å². The van der Waals surface area contributed by atoms with Crippen molar-refractivity contribution in [1.29, 1.82) is 0 Å². The lowest BCUT2D eigenvalue weighted by atomic mass is 9.80. The summed E-state index contributed by atoms with van der Waals surface area (Å²) in [7, 11) is 0. The first kappa shape index (κ1) is 16.1. The molecule has 0 aliphatic carbocycles. The Hall–Kier alpha value is -1.00. The van der Waals surface area contributed by atoms with Gasteiger partial charge in [0.05, 0.1) is 11.1 Å². The van der Waals surface area contributed by atoms with Crippen LogP contribution in [0.25, 0.3) is 0 Å². The number of halogens is 3. The van der Waals surface area contributed by atoms with Crippen LogP contribution in [0.4, 0.5) is 9.18 Å². The first-order valence-corrected chi connectivity index (χ1v) is 6.08. The van der Waals surface area contributed by atoms with Crippen LogP contribution in [0, 0.1) is 18.2 Å². The molecule has 3 nitrogen and oxygen atoms in total. The minimum atomic E-state index is -0.545. The van der Waals surface area contributed by atoms with Gasteiger partial charge in [0.15, 0.2) is 0 Å². The second-order valence-electron chi connectivity index (χ2n) is 5.23. The molecular weight excluding hydrogens is 292 g/mol. The molecule has 0 unspecified atom stereocenters. The van der Waals surface area contributed by atoms with Gasteiger partial charge in [0, 0.05) is 11.0 Å². The Balaban J connectivity index is 0.00000180. The Morgan fingerprint density at radius 3 is 2.74 bits per heavy atom. The highest BCUT2D eigenvalue weighted by atomic mass is 35.5. The number of rotatable bonds is 1. The fourth-order valence-corrected chi connectivity index (χ4v) is 2.36. The average Bonchev–Trinajstić information content (AvgIpc) is 2.29. The summed E-state index contributed by atoms with van der Waals surface area (Å²) in [5.41, 5.74) is 0.689. The molecule has 2 rings (SSSR count). The van der Waals surface area contributed by atoms with Crippen LogP contribution in [-0.4, -0.2) is 12.7 Å². The third-order valence-electron chi connectivity index (χ3n) is 3.23. The molecule has 0 bridgehead atoms. The third kappa shape index (κ3) is 2.95. The molecule has 0 radical (unpaired) electrons. The molecule has 1 atom stereocenters. The SMILES string of the molecule is Cc1ccc(F)c([C@@H]2NC(=O)OCC2(C)C)c1Cl.Cl. The summed E-state index contributed by atoms with van der Waals surface area (Å²) in [5.74, 6) is -0.411. The Bertz CT molecular complexity index is 506. The standard InChI is InChI=1S/C13H15ClFNO2.ClH/c1-7-4-5-8(15)9(10(7)14)11-13(2,3)6-18-12(17)16-11;/h4-5,11H,6H2,1-3H3,(H,16,17);1H/t11-;/m0./s1. The number of cyclic esters (lactones) is 1. The van der Waals surface area contributed by atoms with Crippen molar-refractivity contribution in [3.63, 3.8) is 0 Å². The van der Waals surface area contributed by atoms with Gasteiger partial charge in [-0.2, -0.15) is 0 Å². The summed E-state index contributed by atoms with van der Waals surface area (Å²) in [6.45, 7) is 5.83. The van der Waals surface area contributed by atoms with Crippen molar-refractivity contribution in [2.75, 3.05) is 6.61 Å². The fourth-order valence-electron chi connectivity index (χ4n) is 2.10. The molecule has 1 saturated heterocycles. The van der Waals surface area contributed by atoms with Crippen LogP contribution in [0.15, 0.2) is 12.1 Å². The van der Waals surface area contributed by atoms with Crippen LogP contribution in [0.3, 0.4) is 0 Å². The number of amides is 1. The van der Waals surface area contributed by atoms with Crippen molar-refractivity contribution in [3.05, 3.63) is 34.1 Å². The van der Waals surface area contributed by atoms with E-state index in [1.54, 1.807) is 13.0 Å². The first-order chi connectivity index (χ1) is 8.33. The Morgan fingerprint density at radius 1 is 1.47 bits per heavy atom. The van der Waals surface area contributed by atoms with Crippen LogP contribution in [0.5, 0.6) is 0 Å². The smallest absolute Gasteiger partial charge is 0.407 e. The first-order valence-electron chi connectivity index (χ1n) is 5.71. The minimum absolute atomic E-state index is 0. The normalized spacial score (nSPS) is 21.1. The molecule has 1 aromatic carbocycles. The fraction of sp³-hybridized carbons (Fsp3) is 0.462. The topological polar surface area (TPSA) is 38.3 Å². The van der Waals surface area contributed by atoms with E-state index in [-0.39, 0.29) is 19.0 Å². The number of ether oxygens (including phenoxy) is 1. The Morgan fingerprint density at radius 2 is 2.11 bits per heavy atom. The summed E-state index contributed by atoms with van der Waals surface area (Å²) in [6, 6.07) is 2.50. The van der Waals surface area contributed by atoms with Crippen LogP contribution >= 0.6 is 24.0 Å². The monoisotopic (exact) mass is 307 g/mol. The number of hydrogen-bond acceptors (Lipinski definition) is 2. The number of benzene rings is 1. The summed E-state index contributed by atoms with van der Waals surface area (Å²) >= 11 is 6.17. The molecule has 106 valence electrons. The highest BCUT2D eigenvalue weighted by Crippen LogP contribution is 2.41. The molecule has 1 fully saturated rings. The van der Waals surface area contributed by atoms with E-state index in [9.17, 15) is 9.18 Å². The molecule has 1 heterocycles. The van der Waals surface area contributed by atoms with Crippen molar-refractivity contribution >= 4 is 30.1 Å². The minimum Gasteiger partial charge on any atom is -0.449 e. The number of alkyl carbamates (subject to hydrolysis) is 1. The number of carbonyl (C=O) groups is 1. The van der Waals surface area contributed by atoms with Gasteiger partial charge >= 0.3 is 6.09 Å². The molecule has 6 heteroatoms. The highest BCUT2D eigenvalue weighted by Gasteiger charge is 2.40. The van der Waals surface area contributed by atoms with Gasteiger partial charge in [0.2, 0.25) is 0 Å². The van der Waals surface area contributed by atoms with Gasteiger partial charge in [0.1, 0.15) is 12.4 Å². The molecule has 0 spiro atoms. The van der Waals surface area contributed by atoms with E-state index < -0.39 is 23.4 Å². The van der Waals surface area contributed by atoms with Gasteiger partial charge in [-0.1, -0.05) is 31.5 Å². The lowest BCUT2D eigenvalue weighted by Gasteiger charge is -2.39. The molecular formula is C13H16Cl2FNO2. The van der Waals surface area contributed by atoms with E-state index in [0.29, 0.717) is 10.6 Å². The van der Waals surface area contributed by atoms with Crippen LogP contribution in [-0.2, 0) is 4.74 Å². The van der Waals surface area contributed by atoms with Crippen molar-refractivity contribution < 1.29 is 13.9 Å². The zero-order valence-corrected chi connectivity index (χ0v) is 12.5. The van der Waals surface area contributed by atoms with Gasteiger partial charge in [-0.05, 0) is 18.6 Å². The summed E-state index contributed by atoms with van der Waals surface area (Å²) < 4.78 is 18.9. The zero-order chi connectivity index (χ0) is 13.5. The van der Waals surface area contributed by atoms with E-state index in [0.717, 1.165) is 5.56 Å². The van der Waals surface area contributed by atoms with Crippen molar-refractivity contribution in [2.24, 2.45) is 5.41 Å². The number of hydrogen-bond donors (Lipinski definition) is 1. The molecule has 1 amide bonds. The van der Waals surface area contributed by atoms with Crippen LogP contribution < -0.4 is 5.32 Å². The maximum Gasteiger partial charge on any atom is 0.407 e. The molecule has 0 aromatic heterocycles. The van der Waals surface area contributed by atoms with Crippen molar-refractivity contribution in [2.45, 2.75) is 26.8 Å². The van der Waals surface area contributed by atoms with Gasteiger partial charge in [-0.25, -0.2) is 9.18 Å². The molecule has 1 aliphatic rings. The van der Waals surface area contributed by atoms with Gasteiger partial charge in [-0.3, -0.25) is 0 Å². The molecule has 1 aliphatic heterocycles. The second kappa shape index (κ2) is 5.55. The van der Waals surface area contributed by atoms with E-state index >= 15 is 0 Å². The van der Waals surface area contributed by atoms with E-state index in [2.05, 4.69) is 5.32 Å². The zero-order valence-electron chi connectivity index (χ0n) is 10.9. The molecule has 1 N–H and O–H groups in total. The number of nitrogens with one attached hydrogen (secondary N) is 1. The van der Waals surface area contributed by atoms with Gasteiger partial charge < -0.3 is 10.1 Å². The van der Waals surface area contributed by atoms with Crippen molar-refractivity contribution in [1.82, 2.24) is 5.32 Å². The van der Waals surface area contributed by atoms with Crippen LogP contribution in [0.2, 0.25) is 5.02 Å². The largest absolute Gasteiger partial charge is 0.449 e. The molecule has 0 saturated carbocycles. The second-order valence-corrected chi connectivity index (χ2v) is 5.61. The molecule has 19 heavy (non-hydrogen) atoms. The van der Waals surface area contributed by atoms with E-state index in [4.69, 9.17) is 16.3 Å². The van der Waals surface area contributed by atoms with Crippen molar-refractivity contribution in [3.8, 4) is 0 Å². The van der Waals surface area contributed by atoms with E-state index in [1.807, 2.05) is 13.8 Å². The summed E-state index contributed by atoms with van der Waals surface area (Å²) in [6.07, 6.45) is -0.545. The highest BCUT2D eigenvalue weighted by molar-refractivity contribution is 6.32. The van der Waals surface area contributed by atoms with Gasteiger partial charge in [-0.15, -0.1) is 12.4 Å².